The predicted molar refractivity (Wildman–Crippen MR) is 134 cm³/mol. The van der Waals surface area contributed by atoms with Gasteiger partial charge in [-0.05, 0) is 12.1 Å². The Morgan fingerprint density at radius 3 is 2.57 bits per heavy atom. The van der Waals surface area contributed by atoms with Gasteiger partial charge in [-0.15, -0.1) is 5.10 Å². The van der Waals surface area contributed by atoms with Crippen molar-refractivity contribution >= 4 is 23.2 Å². The van der Waals surface area contributed by atoms with Crippen molar-refractivity contribution in [1.82, 2.24) is 30.0 Å². The zero-order valence-corrected chi connectivity index (χ0v) is 20.9. The van der Waals surface area contributed by atoms with E-state index >= 15 is 4.39 Å². The third kappa shape index (κ3) is 5.98. The van der Waals surface area contributed by atoms with E-state index in [0.29, 0.717) is 62.7 Å². The quantitative estimate of drug-likeness (QED) is 0.535. The maximum Gasteiger partial charge on any atom is 0.236 e. The Morgan fingerprint density at radius 1 is 1.11 bits per heavy atom. The predicted octanol–water partition coefficient (Wildman–Crippen LogP) is -0.351. The molecular formula is C24H32FN9O3. The molecule has 3 aliphatic rings. The third-order valence-corrected chi connectivity index (χ3v) is 6.97. The van der Waals surface area contributed by atoms with Gasteiger partial charge >= 0.3 is 0 Å². The largest absolute Gasteiger partial charge is 0.390 e. The summed E-state index contributed by atoms with van der Waals surface area (Å²) < 4.78 is 15.0. The van der Waals surface area contributed by atoms with Crippen molar-refractivity contribution in [2.45, 2.75) is 19.4 Å². The molecule has 1 aromatic carbocycles. The van der Waals surface area contributed by atoms with E-state index in [1.54, 1.807) is 17.2 Å². The molecule has 4 heterocycles. The van der Waals surface area contributed by atoms with Crippen LogP contribution in [-0.2, 0) is 14.4 Å². The zero-order chi connectivity index (χ0) is 25.8. The Bertz CT molecular complexity index is 1130. The first-order valence-corrected chi connectivity index (χ1v) is 12.6. The maximum absolute atomic E-state index is 15.0. The van der Waals surface area contributed by atoms with Crippen LogP contribution in [0.15, 0.2) is 36.0 Å². The van der Waals surface area contributed by atoms with Gasteiger partial charge in [0, 0.05) is 71.3 Å². The molecule has 0 spiro atoms. The summed E-state index contributed by atoms with van der Waals surface area (Å²) in [5, 5.41) is 13.0. The number of amides is 2. The molecule has 2 fully saturated rings. The van der Waals surface area contributed by atoms with E-state index in [2.05, 4.69) is 30.5 Å². The van der Waals surface area contributed by atoms with Crippen LogP contribution in [0.3, 0.4) is 0 Å². The number of nitrogens with zero attached hydrogens (tertiary/aromatic N) is 8. The number of piperazine rings is 2. The molecule has 1 N–H and O–H groups in total. The zero-order valence-electron chi connectivity index (χ0n) is 20.9. The number of nitrogens with one attached hydrogen (secondary N) is 1. The lowest BCUT2D eigenvalue weighted by molar-refractivity contribution is -0.132. The van der Waals surface area contributed by atoms with E-state index < -0.39 is 0 Å². The van der Waals surface area contributed by atoms with Gasteiger partial charge in [0.15, 0.2) is 0 Å². The molecule has 0 aliphatic carbocycles. The molecule has 2 saturated heterocycles. The van der Waals surface area contributed by atoms with Gasteiger partial charge in [0.05, 0.1) is 24.5 Å². The van der Waals surface area contributed by atoms with E-state index in [0.717, 1.165) is 26.2 Å². The molecule has 13 heteroatoms. The molecule has 5 rings (SSSR count). The molecule has 198 valence electrons. The van der Waals surface area contributed by atoms with Crippen molar-refractivity contribution in [1.29, 1.82) is 0 Å². The van der Waals surface area contributed by atoms with E-state index in [-0.39, 0.29) is 23.7 Å². The summed E-state index contributed by atoms with van der Waals surface area (Å²) in [5.41, 5.74) is 1.86. The number of hydrogen-bond donors (Lipinski definition) is 1. The summed E-state index contributed by atoms with van der Waals surface area (Å²) in [6.07, 6.45) is 3.46. The molecular weight excluding hydrogens is 481 g/mol. The smallest absolute Gasteiger partial charge is 0.236 e. The summed E-state index contributed by atoms with van der Waals surface area (Å²) in [7, 11) is 0. The van der Waals surface area contributed by atoms with E-state index in [1.165, 1.54) is 19.3 Å². The van der Waals surface area contributed by atoms with Gasteiger partial charge in [-0.3, -0.25) is 19.5 Å². The molecule has 12 nitrogen and oxygen atoms in total. The summed E-state index contributed by atoms with van der Waals surface area (Å²) in [6, 6.07) is 5.09. The molecule has 1 aromatic heterocycles. The highest BCUT2D eigenvalue weighted by Crippen LogP contribution is 2.25. The molecule has 3 aliphatic heterocycles. The first kappa shape index (κ1) is 24.9. The second-order valence-electron chi connectivity index (χ2n) is 9.49. The summed E-state index contributed by atoms with van der Waals surface area (Å²) in [5.74, 6) is -0.343. The first-order chi connectivity index (χ1) is 18.0. The Hall–Kier alpha value is -3.74. The van der Waals surface area contributed by atoms with Gasteiger partial charge in [0.1, 0.15) is 24.6 Å². The lowest BCUT2D eigenvalue weighted by Gasteiger charge is -2.38. The Labute approximate surface area is 214 Å². The number of halogens is 1. The second-order valence-corrected chi connectivity index (χ2v) is 9.49. The van der Waals surface area contributed by atoms with Crippen molar-refractivity contribution in [2.75, 3.05) is 75.4 Å². The topological polar surface area (TPSA) is 111 Å². The maximum atomic E-state index is 15.0. The molecule has 0 bridgehead atoms. The van der Waals surface area contributed by atoms with Crippen molar-refractivity contribution < 1.29 is 18.8 Å². The summed E-state index contributed by atoms with van der Waals surface area (Å²) in [6.45, 7) is 7.62. The highest BCUT2D eigenvalue weighted by atomic mass is 19.1. The average molecular weight is 514 g/mol. The van der Waals surface area contributed by atoms with Crippen LogP contribution in [-0.4, -0.2) is 114 Å². The fraction of sp³-hybridized carbons (Fsp3) is 0.542. The molecule has 1 unspecified atom stereocenters. The van der Waals surface area contributed by atoms with Crippen LogP contribution in [0.5, 0.6) is 0 Å². The van der Waals surface area contributed by atoms with Crippen molar-refractivity contribution in [2.24, 2.45) is 5.16 Å². The molecule has 0 saturated carbocycles. The van der Waals surface area contributed by atoms with Crippen LogP contribution < -0.4 is 15.2 Å². The highest BCUT2D eigenvalue weighted by Gasteiger charge is 2.27. The second kappa shape index (κ2) is 11.1. The molecule has 1 atom stereocenters. The normalized spacial score (nSPS) is 20.5. The molecule has 0 radical (unpaired) electrons. The van der Waals surface area contributed by atoms with Gasteiger partial charge in [0.2, 0.25) is 11.8 Å². The number of anilines is 1. The summed E-state index contributed by atoms with van der Waals surface area (Å²) >= 11 is 0. The minimum absolute atomic E-state index is 0.109. The lowest BCUT2D eigenvalue weighted by Crippen LogP contribution is -2.55. The van der Waals surface area contributed by atoms with E-state index in [4.69, 9.17) is 4.84 Å². The Kier molecular flexibility index (Phi) is 7.49. The van der Waals surface area contributed by atoms with Crippen molar-refractivity contribution in [3.63, 3.8) is 0 Å². The van der Waals surface area contributed by atoms with E-state index in [1.807, 2.05) is 15.9 Å². The SMILES string of the molecule is CC(=O)NCC1CC(c2ccc(N3CCN(C(=O)CN4CCN(n5cncn5)CC4)CC3)c(F)c2)=NO1. The van der Waals surface area contributed by atoms with Crippen LogP contribution in [0, 0.1) is 5.82 Å². The Balaban J connectivity index is 1.08. The minimum atomic E-state index is -0.324. The van der Waals surface area contributed by atoms with Gasteiger partial charge in [-0.2, -0.15) is 4.79 Å². The standard InChI is InChI=1S/C24H32FN9O3/c1-18(35)27-14-20-13-22(29-37-20)19-2-3-23(21(25)12-19)31-6-8-32(9-7-31)24(36)15-30-4-10-33(11-5-30)34-17-26-16-28-34/h2-3,12,16-17,20H,4-11,13-15H2,1H3,(H,27,35). The van der Waals surface area contributed by atoms with E-state index in [9.17, 15) is 9.59 Å². The average Bonchev–Trinajstić information content (AvgIpc) is 3.61. The van der Waals surface area contributed by atoms with Crippen LogP contribution in [0.25, 0.3) is 0 Å². The van der Waals surface area contributed by atoms with Crippen LogP contribution in [0.4, 0.5) is 10.1 Å². The molecule has 2 amide bonds. The van der Waals surface area contributed by atoms with Crippen molar-refractivity contribution in [3.8, 4) is 0 Å². The first-order valence-electron chi connectivity index (χ1n) is 12.6. The third-order valence-electron chi connectivity index (χ3n) is 6.97. The highest BCUT2D eigenvalue weighted by molar-refractivity contribution is 6.01. The van der Waals surface area contributed by atoms with Gasteiger partial charge in [0.25, 0.3) is 0 Å². The van der Waals surface area contributed by atoms with Gasteiger partial charge in [-0.1, -0.05) is 11.2 Å². The van der Waals surface area contributed by atoms with Gasteiger partial charge in [-0.25, -0.2) is 9.37 Å². The molecule has 2 aromatic rings. The molecule has 37 heavy (non-hydrogen) atoms. The number of aromatic nitrogens is 3. The number of oxime groups is 1. The van der Waals surface area contributed by atoms with Crippen LogP contribution >= 0.6 is 0 Å². The minimum Gasteiger partial charge on any atom is -0.390 e. The van der Waals surface area contributed by atoms with Crippen LogP contribution in [0.1, 0.15) is 18.9 Å². The Morgan fingerprint density at radius 2 is 1.89 bits per heavy atom. The van der Waals surface area contributed by atoms with Crippen LogP contribution in [0.2, 0.25) is 0 Å². The number of carbonyl (C=O) groups excluding carboxylic acids is 2. The fourth-order valence-electron chi connectivity index (χ4n) is 4.85. The number of rotatable bonds is 7. The number of hydrogen-bond acceptors (Lipinski definition) is 9. The fourth-order valence-corrected chi connectivity index (χ4v) is 4.85. The number of carbonyl (C=O) groups is 2. The summed E-state index contributed by atoms with van der Waals surface area (Å²) in [4.78, 5) is 41.1. The monoisotopic (exact) mass is 513 g/mol. The van der Waals surface area contributed by atoms with Crippen molar-refractivity contribution in [3.05, 3.63) is 42.2 Å². The van der Waals surface area contributed by atoms with Gasteiger partial charge < -0.3 is 20.0 Å². The number of benzene rings is 1. The lowest BCUT2D eigenvalue weighted by atomic mass is 10.0.